The van der Waals surface area contributed by atoms with Crippen LogP contribution in [0.3, 0.4) is 0 Å². The first-order chi connectivity index (χ1) is 12.8. The molecule has 0 bridgehead atoms. The lowest BCUT2D eigenvalue weighted by Crippen LogP contribution is -2.27. The van der Waals surface area contributed by atoms with Crippen molar-refractivity contribution in [1.29, 1.82) is 0 Å². The quantitative estimate of drug-likeness (QED) is 0.758. The highest BCUT2D eigenvalue weighted by molar-refractivity contribution is 5.92. The topological polar surface area (TPSA) is 72.7 Å². The Morgan fingerprint density at radius 2 is 2.00 bits per heavy atom. The zero-order valence-corrected chi connectivity index (χ0v) is 14.5. The van der Waals surface area contributed by atoms with E-state index in [0.717, 1.165) is 12.1 Å². The van der Waals surface area contributed by atoms with Gasteiger partial charge in [-0.15, -0.1) is 0 Å². The normalized spacial score (nSPS) is 12.6. The SMILES string of the molecule is Cc1c(C(C)NC(=O)c2cnccn2)cnn1-c1cccc(C(F)(F)F)c1. The van der Waals surface area contributed by atoms with Crippen molar-refractivity contribution in [2.24, 2.45) is 0 Å². The van der Waals surface area contributed by atoms with Crippen LogP contribution in [-0.2, 0) is 6.18 Å². The minimum Gasteiger partial charge on any atom is -0.344 e. The van der Waals surface area contributed by atoms with Gasteiger partial charge in [0.15, 0.2) is 0 Å². The summed E-state index contributed by atoms with van der Waals surface area (Å²) in [5.41, 5.74) is 1.03. The molecule has 1 atom stereocenters. The predicted octanol–water partition coefficient (Wildman–Crippen LogP) is 3.48. The molecule has 3 rings (SSSR count). The summed E-state index contributed by atoms with van der Waals surface area (Å²) in [6.07, 6.45) is 1.32. The van der Waals surface area contributed by atoms with Gasteiger partial charge in [-0.1, -0.05) is 6.07 Å². The number of carbonyl (C=O) groups excluding carboxylic acids is 1. The molecular formula is C18H16F3N5O. The van der Waals surface area contributed by atoms with Gasteiger partial charge in [0.2, 0.25) is 0 Å². The van der Waals surface area contributed by atoms with Crippen molar-refractivity contribution in [3.63, 3.8) is 0 Å². The molecule has 140 valence electrons. The molecule has 0 aliphatic rings. The van der Waals surface area contributed by atoms with Crippen LogP contribution in [0.1, 0.15) is 40.3 Å². The average molecular weight is 375 g/mol. The molecule has 2 aromatic heterocycles. The van der Waals surface area contributed by atoms with Gasteiger partial charge < -0.3 is 5.32 Å². The molecule has 0 fully saturated rings. The molecule has 2 heterocycles. The minimum atomic E-state index is -4.43. The lowest BCUT2D eigenvalue weighted by atomic mass is 10.1. The van der Waals surface area contributed by atoms with Crippen LogP contribution in [-0.4, -0.2) is 25.7 Å². The number of nitrogens with one attached hydrogen (secondary N) is 1. The number of benzene rings is 1. The van der Waals surface area contributed by atoms with Crippen molar-refractivity contribution in [2.45, 2.75) is 26.1 Å². The van der Waals surface area contributed by atoms with Crippen LogP contribution in [0.4, 0.5) is 13.2 Å². The molecule has 1 N–H and O–H groups in total. The summed E-state index contributed by atoms with van der Waals surface area (Å²) < 4.78 is 40.2. The van der Waals surface area contributed by atoms with Gasteiger partial charge in [-0.05, 0) is 32.0 Å². The van der Waals surface area contributed by atoms with E-state index in [0.29, 0.717) is 16.9 Å². The molecule has 27 heavy (non-hydrogen) atoms. The standard InChI is InChI=1S/C18H16F3N5O/c1-11(25-17(27)16-10-22-6-7-23-16)15-9-24-26(12(15)2)14-5-3-4-13(8-14)18(19,20)21/h3-11H,1-2H3,(H,25,27). The molecule has 9 heteroatoms. The molecule has 0 saturated heterocycles. The van der Waals surface area contributed by atoms with Gasteiger partial charge in [-0.25, -0.2) is 9.67 Å². The third kappa shape index (κ3) is 3.97. The maximum Gasteiger partial charge on any atom is 0.416 e. The summed E-state index contributed by atoms with van der Waals surface area (Å²) in [5.74, 6) is -0.401. The van der Waals surface area contributed by atoms with Gasteiger partial charge in [0.1, 0.15) is 5.69 Å². The van der Waals surface area contributed by atoms with E-state index < -0.39 is 23.7 Å². The second-order valence-corrected chi connectivity index (χ2v) is 5.93. The summed E-state index contributed by atoms with van der Waals surface area (Å²) in [7, 11) is 0. The van der Waals surface area contributed by atoms with Crippen LogP contribution < -0.4 is 5.32 Å². The van der Waals surface area contributed by atoms with Crippen molar-refractivity contribution in [2.75, 3.05) is 0 Å². The number of halogens is 3. The fourth-order valence-corrected chi connectivity index (χ4v) is 2.69. The zero-order valence-electron chi connectivity index (χ0n) is 14.5. The van der Waals surface area contributed by atoms with E-state index in [-0.39, 0.29) is 5.69 Å². The van der Waals surface area contributed by atoms with Crippen molar-refractivity contribution >= 4 is 5.91 Å². The first-order valence-corrected chi connectivity index (χ1v) is 8.06. The first kappa shape index (κ1) is 18.6. The highest BCUT2D eigenvalue weighted by Crippen LogP contribution is 2.31. The summed E-state index contributed by atoms with van der Waals surface area (Å²) in [6.45, 7) is 3.49. The fraction of sp³-hybridized carbons (Fsp3) is 0.222. The van der Waals surface area contributed by atoms with E-state index >= 15 is 0 Å². The van der Waals surface area contributed by atoms with Crippen LogP contribution in [0, 0.1) is 6.92 Å². The molecule has 0 aliphatic heterocycles. The summed E-state index contributed by atoms with van der Waals surface area (Å²) in [4.78, 5) is 20.0. The molecule has 1 aromatic carbocycles. The molecule has 6 nitrogen and oxygen atoms in total. The molecular weight excluding hydrogens is 359 g/mol. The molecule has 0 radical (unpaired) electrons. The summed E-state index contributed by atoms with van der Waals surface area (Å²) >= 11 is 0. The van der Waals surface area contributed by atoms with E-state index in [1.54, 1.807) is 19.9 Å². The van der Waals surface area contributed by atoms with Crippen molar-refractivity contribution in [3.8, 4) is 5.69 Å². The lowest BCUT2D eigenvalue weighted by molar-refractivity contribution is -0.137. The Kier molecular flexibility index (Phi) is 4.93. The minimum absolute atomic E-state index is 0.173. The van der Waals surface area contributed by atoms with Gasteiger partial charge in [0, 0.05) is 23.7 Å². The zero-order chi connectivity index (χ0) is 19.6. The number of rotatable bonds is 4. The second-order valence-electron chi connectivity index (χ2n) is 5.93. The number of amides is 1. The Labute approximate surface area is 153 Å². The highest BCUT2D eigenvalue weighted by Gasteiger charge is 2.30. The van der Waals surface area contributed by atoms with Gasteiger partial charge in [0.05, 0.1) is 29.7 Å². The Morgan fingerprint density at radius 1 is 1.22 bits per heavy atom. The Balaban J connectivity index is 1.84. The van der Waals surface area contributed by atoms with Crippen LogP contribution >= 0.6 is 0 Å². The maximum atomic E-state index is 12.9. The second kappa shape index (κ2) is 7.18. The summed E-state index contributed by atoms with van der Waals surface area (Å²) in [6, 6.07) is 4.50. The molecule has 3 aromatic rings. The largest absolute Gasteiger partial charge is 0.416 e. The number of carbonyl (C=O) groups is 1. The monoisotopic (exact) mass is 375 g/mol. The third-order valence-electron chi connectivity index (χ3n) is 4.08. The van der Waals surface area contributed by atoms with Crippen LogP contribution in [0.2, 0.25) is 0 Å². The van der Waals surface area contributed by atoms with E-state index in [9.17, 15) is 18.0 Å². The summed E-state index contributed by atoms with van der Waals surface area (Å²) in [5, 5.41) is 6.96. The molecule has 1 unspecified atom stereocenters. The average Bonchev–Trinajstić information content (AvgIpc) is 3.03. The van der Waals surface area contributed by atoms with Gasteiger partial charge in [-0.3, -0.25) is 9.78 Å². The Hall–Kier alpha value is -3.23. The van der Waals surface area contributed by atoms with E-state index in [1.807, 2.05) is 0 Å². The molecule has 0 saturated carbocycles. The van der Waals surface area contributed by atoms with Crippen LogP contribution in [0.5, 0.6) is 0 Å². The molecule has 0 spiro atoms. The van der Waals surface area contributed by atoms with Crippen LogP contribution in [0.15, 0.2) is 49.1 Å². The van der Waals surface area contributed by atoms with E-state index in [4.69, 9.17) is 0 Å². The number of nitrogens with zero attached hydrogens (tertiary/aromatic N) is 4. The first-order valence-electron chi connectivity index (χ1n) is 8.06. The maximum absolute atomic E-state index is 12.9. The Morgan fingerprint density at radius 3 is 2.67 bits per heavy atom. The van der Waals surface area contributed by atoms with Crippen LogP contribution in [0.25, 0.3) is 5.69 Å². The van der Waals surface area contributed by atoms with Gasteiger partial charge in [-0.2, -0.15) is 18.3 Å². The number of aromatic nitrogens is 4. The van der Waals surface area contributed by atoms with E-state index in [2.05, 4.69) is 20.4 Å². The molecule has 0 aliphatic carbocycles. The van der Waals surface area contributed by atoms with Crippen molar-refractivity contribution in [3.05, 3.63) is 71.6 Å². The lowest BCUT2D eigenvalue weighted by Gasteiger charge is -2.14. The predicted molar refractivity (Wildman–Crippen MR) is 91.2 cm³/mol. The highest BCUT2D eigenvalue weighted by atomic mass is 19.4. The van der Waals surface area contributed by atoms with Crippen molar-refractivity contribution < 1.29 is 18.0 Å². The third-order valence-corrected chi connectivity index (χ3v) is 4.08. The fourth-order valence-electron chi connectivity index (χ4n) is 2.69. The Bertz CT molecular complexity index is 953. The number of hydrogen-bond donors (Lipinski definition) is 1. The van der Waals surface area contributed by atoms with E-state index in [1.165, 1.54) is 35.5 Å². The van der Waals surface area contributed by atoms with Crippen molar-refractivity contribution in [1.82, 2.24) is 25.1 Å². The molecule has 1 amide bonds. The van der Waals surface area contributed by atoms with Gasteiger partial charge >= 0.3 is 6.18 Å². The number of alkyl halides is 3. The smallest absolute Gasteiger partial charge is 0.344 e. The van der Waals surface area contributed by atoms with Gasteiger partial charge in [0.25, 0.3) is 5.91 Å². The number of hydrogen-bond acceptors (Lipinski definition) is 4.